The van der Waals surface area contributed by atoms with E-state index in [1.165, 1.54) is 25.9 Å². The molecule has 0 bridgehead atoms. The maximum Gasteiger partial charge on any atom is 0.185 e. The standard InChI is InChI=1S/C24H29NO2/c1-18-14-19(2)16-22(15-18)24(26)9-7-21-6-8-23(17-20(21)3)27-13-12-25-10-4-5-11-25/h6-9,14-17H,4-5,10-13H2,1-3H3. The molecule has 1 aliphatic heterocycles. The van der Waals surface area contributed by atoms with Gasteiger partial charge >= 0.3 is 0 Å². The molecule has 0 N–H and O–H groups in total. The molecule has 3 heteroatoms. The normalized spacial score (nSPS) is 14.8. The second kappa shape index (κ2) is 9.01. The van der Waals surface area contributed by atoms with E-state index >= 15 is 0 Å². The van der Waals surface area contributed by atoms with Crippen LogP contribution in [-0.4, -0.2) is 36.9 Å². The summed E-state index contributed by atoms with van der Waals surface area (Å²) < 4.78 is 5.89. The fourth-order valence-electron chi connectivity index (χ4n) is 3.60. The van der Waals surface area contributed by atoms with E-state index < -0.39 is 0 Å². The van der Waals surface area contributed by atoms with Crippen molar-refractivity contribution in [2.24, 2.45) is 0 Å². The highest BCUT2D eigenvalue weighted by molar-refractivity contribution is 6.07. The van der Waals surface area contributed by atoms with E-state index in [9.17, 15) is 4.79 Å². The molecule has 0 saturated carbocycles. The lowest BCUT2D eigenvalue weighted by molar-refractivity contribution is 0.104. The van der Waals surface area contributed by atoms with Crippen LogP contribution in [0.3, 0.4) is 0 Å². The molecular weight excluding hydrogens is 334 g/mol. The fraction of sp³-hybridized carbons (Fsp3) is 0.375. The second-order valence-electron chi connectivity index (χ2n) is 7.49. The second-order valence-corrected chi connectivity index (χ2v) is 7.49. The molecule has 27 heavy (non-hydrogen) atoms. The van der Waals surface area contributed by atoms with Gasteiger partial charge in [-0.3, -0.25) is 9.69 Å². The molecule has 3 nitrogen and oxygen atoms in total. The molecule has 3 rings (SSSR count). The zero-order valence-corrected chi connectivity index (χ0v) is 16.6. The van der Waals surface area contributed by atoms with Crippen molar-refractivity contribution >= 4 is 11.9 Å². The fourth-order valence-corrected chi connectivity index (χ4v) is 3.60. The number of rotatable bonds is 7. The smallest absolute Gasteiger partial charge is 0.185 e. The number of hydrogen-bond acceptors (Lipinski definition) is 3. The van der Waals surface area contributed by atoms with Crippen molar-refractivity contribution in [1.29, 1.82) is 0 Å². The Balaban J connectivity index is 1.59. The van der Waals surface area contributed by atoms with Crippen LogP contribution >= 0.6 is 0 Å². The van der Waals surface area contributed by atoms with Crippen LogP contribution in [0.2, 0.25) is 0 Å². The summed E-state index contributed by atoms with van der Waals surface area (Å²) >= 11 is 0. The maximum atomic E-state index is 12.5. The third kappa shape index (κ3) is 5.54. The third-order valence-corrected chi connectivity index (χ3v) is 5.04. The van der Waals surface area contributed by atoms with Crippen molar-refractivity contribution in [2.45, 2.75) is 33.6 Å². The number of benzene rings is 2. The Morgan fingerprint density at radius 2 is 1.74 bits per heavy atom. The first-order chi connectivity index (χ1) is 13.0. The summed E-state index contributed by atoms with van der Waals surface area (Å²) in [7, 11) is 0. The van der Waals surface area contributed by atoms with Crippen LogP contribution in [0.4, 0.5) is 0 Å². The monoisotopic (exact) mass is 363 g/mol. The Morgan fingerprint density at radius 3 is 2.41 bits per heavy atom. The van der Waals surface area contributed by atoms with Crippen molar-refractivity contribution < 1.29 is 9.53 Å². The number of aryl methyl sites for hydroxylation is 3. The molecule has 0 spiro atoms. The number of ketones is 1. The summed E-state index contributed by atoms with van der Waals surface area (Å²) in [5, 5.41) is 0. The lowest BCUT2D eigenvalue weighted by Crippen LogP contribution is -2.25. The number of hydrogen-bond donors (Lipinski definition) is 0. The largest absolute Gasteiger partial charge is 0.492 e. The van der Waals surface area contributed by atoms with Crippen molar-refractivity contribution in [3.8, 4) is 5.75 Å². The summed E-state index contributed by atoms with van der Waals surface area (Å²) in [6.45, 7) is 10.2. The predicted octanol–water partition coefficient (Wildman–Crippen LogP) is 4.98. The number of ether oxygens (including phenoxy) is 1. The zero-order valence-electron chi connectivity index (χ0n) is 16.6. The van der Waals surface area contributed by atoms with Crippen LogP contribution < -0.4 is 4.74 Å². The Labute approximate surface area is 162 Å². The topological polar surface area (TPSA) is 29.5 Å². The summed E-state index contributed by atoms with van der Waals surface area (Å²) in [6, 6.07) is 12.0. The quantitative estimate of drug-likeness (QED) is 0.513. The highest BCUT2D eigenvalue weighted by atomic mass is 16.5. The summed E-state index contributed by atoms with van der Waals surface area (Å²) in [4.78, 5) is 14.9. The number of likely N-dealkylation sites (tertiary alicyclic amines) is 1. The minimum Gasteiger partial charge on any atom is -0.492 e. The van der Waals surface area contributed by atoms with Crippen molar-refractivity contribution in [3.63, 3.8) is 0 Å². The number of nitrogens with zero attached hydrogens (tertiary/aromatic N) is 1. The van der Waals surface area contributed by atoms with Gasteiger partial charge in [-0.2, -0.15) is 0 Å². The number of carbonyl (C=O) groups excluding carboxylic acids is 1. The van der Waals surface area contributed by atoms with E-state index in [0.717, 1.165) is 46.7 Å². The van der Waals surface area contributed by atoms with E-state index in [1.54, 1.807) is 6.08 Å². The van der Waals surface area contributed by atoms with Gasteiger partial charge < -0.3 is 4.74 Å². The van der Waals surface area contributed by atoms with Crippen molar-refractivity contribution in [2.75, 3.05) is 26.2 Å². The molecule has 1 saturated heterocycles. The molecule has 0 radical (unpaired) electrons. The van der Waals surface area contributed by atoms with Gasteiger partial charge in [-0.25, -0.2) is 0 Å². The number of allylic oxidation sites excluding steroid dienone is 1. The average Bonchev–Trinajstić information content (AvgIpc) is 3.13. The Bertz CT molecular complexity index is 812. The third-order valence-electron chi connectivity index (χ3n) is 5.04. The van der Waals surface area contributed by atoms with Crippen LogP contribution in [0.25, 0.3) is 6.08 Å². The van der Waals surface area contributed by atoms with Gasteiger partial charge in [-0.15, -0.1) is 0 Å². The van der Waals surface area contributed by atoms with Crippen LogP contribution in [0.15, 0.2) is 42.5 Å². The average molecular weight is 364 g/mol. The van der Waals surface area contributed by atoms with E-state index in [0.29, 0.717) is 0 Å². The molecule has 0 amide bonds. The van der Waals surface area contributed by atoms with Crippen LogP contribution in [0.1, 0.15) is 45.5 Å². The number of carbonyl (C=O) groups is 1. The molecule has 1 heterocycles. The molecule has 1 fully saturated rings. The highest BCUT2D eigenvalue weighted by Crippen LogP contribution is 2.19. The molecule has 0 aromatic heterocycles. The van der Waals surface area contributed by atoms with E-state index in [-0.39, 0.29) is 5.78 Å². The Kier molecular flexibility index (Phi) is 6.46. The van der Waals surface area contributed by atoms with Crippen LogP contribution in [-0.2, 0) is 0 Å². The van der Waals surface area contributed by atoms with Gasteiger partial charge in [0, 0.05) is 12.1 Å². The van der Waals surface area contributed by atoms with Crippen molar-refractivity contribution in [3.05, 3.63) is 70.3 Å². The van der Waals surface area contributed by atoms with Crippen LogP contribution in [0.5, 0.6) is 5.75 Å². The molecule has 2 aromatic rings. The van der Waals surface area contributed by atoms with E-state index in [1.807, 2.05) is 57.2 Å². The molecular formula is C24H29NO2. The predicted molar refractivity (Wildman–Crippen MR) is 112 cm³/mol. The van der Waals surface area contributed by atoms with Gasteiger partial charge in [0.05, 0.1) is 0 Å². The lowest BCUT2D eigenvalue weighted by Gasteiger charge is -2.15. The molecule has 2 aromatic carbocycles. The molecule has 0 atom stereocenters. The Morgan fingerprint density at radius 1 is 1.04 bits per heavy atom. The summed E-state index contributed by atoms with van der Waals surface area (Å²) in [5.74, 6) is 0.927. The van der Waals surface area contributed by atoms with Gasteiger partial charge in [0.2, 0.25) is 0 Å². The van der Waals surface area contributed by atoms with E-state index in [4.69, 9.17) is 4.74 Å². The van der Waals surface area contributed by atoms with Crippen LogP contribution in [0, 0.1) is 20.8 Å². The summed E-state index contributed by atoms with van der Waals surface area (Å²) in [5.41, 5.74) is 5.11. The van der Waals surface area contributed by atoms with Gasteiger partial charge in [-0.05, 0) is 88.2 Å². The van der Waals surface area contributed by atoms with Gasteiger partial charge in [0.25, 0.3) is 0 Å². The molecule has 142 valence electrons. The van der Waals surface area contributed by atoms with Crippen molar-refractivity contribution in [1.82, 2.24) is 4.90 Å². The zero-order chi connectivity index (χ0) is 19.2. The molecule has 0 unspecified atom stereocenters. The first-order valence-electron chi connectivity index (χ1n) is 9.78. The maximum absolute atomic E-state index is 12.5. The van der Waals surface area contributed by atoms with Gasteiger partial charge in [0.15, 0.2) is 5.78 Å². The SMILES string of the molecule is Cc1cc(C)cc(C(=O)C=Cc2ccc(OCCN3CCCC3)cc2C)c1. The lowest BCUT2D eigenvalue weighted by atomic mass is 10.0. The highest BCUT2D eigenvalue weighted by Gasteiger charge is 2.11. The molecule has 0 aliphatic carbocycles. The molecule has 1 aliphatic rings. The van der Waals surface area contributed by atoms with E-state index in [2.05, 4.69) is 11.0 Å². The first-order valence-corrected chi connectivity index (χ1v) is 9.78. The first kappa shape index (κ1) is 19.4. The minimum absolute atomic E-state index is 0.0344. The van der Waals surface area contributed by atoms with Gasteiger partial charge in [-0.1, -0.05) is 29.3 Å². The Hall–Kier alpha value is -2.39. The minimum atomic E-state index is 0.0344. The summed E-state index contributed by atoms with van der Waals surface area (Å²) in [6.07, 6.45) is 6.16. The van der Waals surface area contributed by atoms with Gasteiger partial charge in [0.1, 0.15) is 12.4 Å².